The SMILES string of the molecule is CC1(C)C2CCC1(C(=O)NNC(=O)COc1ccc(Cl)cc1Cl)c1nc(C#N)c(C#N)nc12. The predicted molar refractivity (Wildman–Crippen MR) is 117 cm³/mol. The second-order valence-corrected chi connectivity index (χ2v) is 9.31. The van der Waals surface area contributed by atoms with Gasteiger partial charge in [0.15, 0.2) is 18.0 Å². The Morgan fingerprint density at radius 2 is 1.88 bits per heavy atom. The van der Waals surface area contributed by atoms with Gasteiger partial charge in [0, 0.05) is 10.9 Å². The molecule has 1 fully saturated rings. The molecule has 9 nitrogen and oxygen atoms in total. The van der Waals surface area contributed by atoms with Gasteiger partial charge in [-0.05, 0) is 36.5 Å². The summed E-state index contributed by atoms with van der Waals surface area (Å²) in [6, 6.07) is 8.37. The molecule has 2 aliphatic carbocycles. The van der Waals surface area contributed by atoms with Gasteiger partial charge in [-0.25, -0.2) is 9.97 Å². The summed E-state index contributed by atoms with van der Waals surface area (Å²) in [6.45, 7) is 3.47. The number of fused-ring (bicyclic) bond motifs is 5. The van der Waals surface area contributed by atoms with E-state index in [0.29, 0.717) is 29.3 Å². The lowest BCUT2D eigenvalue weighted by Crippen LogP contribution is -2.55. The quantitative estimate of drug-likeness (QED) is 0.635. The fourth-order valence-corrected chi connectivity index (χ4v) is 5.39. The van der Waals surface area contributed by atoms with Gasteiger partial charge in [0.2, 0.25) is 0 Å². The molecule has 2 aromatic rings. The van der Waals surface area contributed by atoms with Crippen molar-refractivity contribution in [1.29, 1.82) is 10.5 Å². The van der Waals surface area contributed by atoms with Crippen molar-refractivity contribution in [2.75, 3.05) is 6.61 Å². The number of nitriles is 2. The number of benzene rings is 1. The first-order valence-corrected chi connectivity index (χ1v) is 10.8. The smallest absolute Gasteiger partial charge is 0.276 e. The van der Waals surface area contributed by atoms with Crippen LogP contribution in [0.4, 0.5) is 0 Å². The van der Waals surface area contributed by atoms with Crippen LogP contribution in [-0.4, -0.2) is 28.4 Å². The molecule has 4 rings (SSSR count). The molecule has 2 unspecified atom stereocenters. The summed E-state index contributed by atoms with van der Waals surface area (Å²) in [5.74, 6) is -0.885. The molecule has 2 bridgehead atoms. The number of hydrogen-bond acceptors (Lipinski definition) is 7. The van der Waals surface area contributed by atoms with Crippen LogP contribution in [0.15, 0.2) is 18.2 Å². The van der Waals surface area contributed by atoms with Crippen LogP contribution in [0.25, 0.3) is 0 Å². The van der Waals surface area contributed by atoms with Crippen molar-refractivity contribution in [2.24, 2.45) is 5.41 Å². The molecule has 2 atom stereocenters. The predicted octanol–water partition coefficient (Wildman–Crippen LogP) is 2.91. The fourth-order valence-electron chi connectivity index (χ4n) is 4.92. The van der Waals surface area contributed by atoms with Crippen molar-refractivity contribution in [3.05, 3.63) is 51.0 Å². The molecule has 0 aliphatic heterocycles. The van der Waals surface area contributed by atoms with E-state index in [1.165, 1.54) is 12.1 Å². The largest absolute Gasteiger partial charge is 0.482 e. The number of aromatic nitrogens is 2. The zero-order valence-electron chi connectivity index (χ0n) is 17.7. The Hall–Kier alpha value is -3.40. The van der Waals surface area contributed by atoms with E-state index >= 15 is 0 Å². The number of hydrazine groups is 1. The Bertz CT molecular complexity index is 1270. The average molecular weight is 485 g/mol. The minimum absolute atomic E-state index is 0.0542. The summed E-state index contributed by atoms with van der Waals surface area (Å²) in [4.78, 5) is 34.4. The minimum atomic E-state index is -1.10. The van der Waals surface area contributed by atoms with Crippen molar-refractivity contribution in [2.45, 2.75) is 38.0 Å². The molecular weight excluding hydrogens is 467 g/mol. The van der Waals surface area contributed by atoms with E-state index in [2.05, 4.69) is 20.8 Å². The molecule has 0 radical (unpaired) electrons. The van der Waals surface area contributed by atoms with Gasteiger partial charge in [0.1, 0.15) is 23.3 Å². The third-order valence-electron chi connectivity index (χ3n) is 6.60. The highest BCUT2D eigenvalue weighted by Crippen LogP contribution is 2.67. The lowest BCUT2D eigenvalue weighted by molar-refractivity contribution is -0.135. The summed E-state index contributed by atoms with van der Waals surface area (Å²) in [5.41, 5.74) is 3.92. The molecule has 33 heavy (non-hydrogen) atoms. The Kier molecular flexibility index (Phi) is 5.65. The van der Waals surface area contributed by atoms with Crippen molar-refractivity contribution < 1.29 is 14.3 Å². The average Bonchev–Trinajstić information content (AvgIpc) is 3.16. The van der Waals surface area contributed by atoms with Gasteiger partial charge in [-0.2, -0.15) is 10.5 Å². The molecule has 1 heterocycles. The first-order valence-electron chi connectivity index (χ1n) is 10.1. The van der Waals surface area contributed by atoms with Crippen LogP contribution in [-0.2, 0) is 15.0 Å². The number of carbonyl (C=O) groups is 2. The van der Waals surface area contributed by atoms with Crippen LogP contribution in [0.5, 0.6) is 5.75 Å². The first-order chi connectivity index (χ1) is 15.7. The number of nitrogens with zero attached hydrogens (tertiary/aromatic N) is 4. The van der Waals surface area contributed by atoms with Crippen molar-refractivity contribution in [3.63, 3.8) is 0 Å². The summed E-state index contributed by atoms with van der Waals surface area (Å²) in [5, 5.41) is 19.4. The second kappa shape index (κ2) is 8.18. The van der Waals surface area contributed by atoms with E-state index in [4.69, 9.17) is 27.9 Å². The minimum Gasteiger partial charge on any atom is -0.482 e. The summed E-state index contributed by atoms with van der Waals surface area (Å²) in [7, 11) is 0. The zero-order valence-corrected chi connectivity index (χ0v) is 19.2. The van der Waals surface area contributed by atoms with Crippen LogP contribution in [0.2, 0.25) is 10.0 Å². The van der Waals surface area contributed by atoms with Crippen LogP contribution in [0, 0.1) is 28.1 Å². The molecular formula is C22H18Cl2N6O3. The van der Waals surface area contributed by atoms with Crippen molar-refractivity contribution >= 4 is 35.0 Å². The Morgan fingerprint density at radius 1 is 1.18 bits per heavy atom. The summed E-state index contributed by atoms with van der Waals surface area (Å²) < 4.78 is 5.38. The first kappa shape index (κ1) is 22.8. The fraction of sp³-hybridized carbons (Fsp3) is 0.364. The monoisotopic (exact) mass is 484 g/mol. The molecule has 168 valence electrons. The molecule has 2 N–H and O–H groups in total. The Morgan fingerprint density at radius 3 is 2.55 bits per heavy atom. The van der Waals surface area contributed by atoms with Crippen molar-refractivity contribution in [3.8, 4) is 17.9 Å². The number of halogens is 2. The van der Waals surface area contributed by atoms with E-state index in [1.54, 1.807) is 6.07 Å². The lowest BCUT2D eigenvalue weighted by Gasteiger charge is -2.36. The number of ether oxygens (including phenoxy) is 1. The molecule has 1 saturated carbocycles. The van der Waals surface area contributed by atoms with Crippen LogP contribution < -0.4 is 15.6 Å². The second-order valence-electron chi connectivity index (χ2n) is 8.46. The van der Waals surface area contributed by atoms with Gasteiger partial charge >= 0.3 is 0 Å². The highest BCUT2D eigenvalue weighted by atomic mass is 35.5. The van der Waals surface area contributed by atoms with E-state index < -0.39 is 22.6 Å². The Labute approximate surface area is 199 Å². The number of amides is 2. The number of carbonyl (C=O) groups excluding carboxylic acids is 2. The van der Waals surface area contributed by atoms with E-state index in [9.17, 15) is 20.1 Å². The highest BCUT2D eigenvalue weighted by Gasteiger charge is 2.68. The third kappa shape index (κ3) is 3.45. The molecule has 2 aliphatic rings. The maximum atomic E-state index is 13.4. The summed E-state index contributed by atoms with van der Waals surface area (Å²) >= 11 is 11.9. The Balaban J connectivity index is 1.52. The van der Waals surface area contributed by atoms with Gasteiger partial charge in [-0.15, -0.1) is 0 Å². The van der Waals surface area contributed by atoms with Crippen LogP contribution >= 0.6 is 23.2 Å². The maximum Gasteiger partial charge on any atom is 0.276 e. The summed E-state index contributed by atoms with van der Waals surface area (Å²) in [6.07, 6.45) is 1.15. The number of nitrogens with one attached hydrogen (secondary N) is 2. The lowest BCUT2D eigenvalue weighted by atomic mass is 9.68. The standard InChI is InChI=1S/C22H18Cl2N6O3/c1-21(2)12-5-6-22(21,19-18(12)27-14(8-25)15(9-26)28-19)20(32)30-29-17(31)10-33-16-4-3-11(23)7-13(16)24/h3-4,7,12H,5-6,10H2,1-2H3,(H,29,31)(H,30,32). The number of rotatable bonds is 4. The third-order valence-corrected chi connectivity index (χ3v) is 7.13. The molecule has 11 heteroatoms. The normalized spacial score (nSPS) is 21.5. The van der Waals surface area contributed by atoms with Crippen LogP contribution in [0.3, 0.4) is 0 Å². The molecule has 0 saturated heterocycles. The zero-order chi connectivity index (χ0) is 24.0. The van der Waals surface area contributed by atoms with Gasteiger partial charge < -0.3 is 4.74 Å². The molecule has 1 aromatic carbocycles. The van der Waals surface area contributed by atoms with Crippen molar-refractivity contribution in [1.82, 2.24) is 20.8 Å². The number of hydrogen-bond donors (Lipinski definition) is 2. The van der Waals surface area contributed by atoms with Gasteiger partial charge in [-0.1, -0.05) is 37.0 Å². The molecule has 1 aromatic heterocycles. The van der Waals surface area contributed by atoms with Gasteiger partial charge in [-0.3, -0.25) is 20.4 Å². The van der Waals surface area contributed by atoms with E-state index in [1.807, 2.05) is 26.0 Å². The maximum absolute atomic E-state index is 13.4. The van der Waals surface area contributed by atoms with Gasteiger partial charge in [0.05, 0.1) is 16.4 Å². The van der Waals surface area contributed by atoms with Crippen LogP contribution in [0.1, 0.15) is 55.4 Å². The van der Waals surface area contributed by atoms with E-state index in [0.717, 1.165) is 0 Å². The topological polar surface area (TPSA) is 141 Å². The van der Waals surface area contributed by atoms with Gasteiger partial charge in [0.25, 0.3) is 11.8 Å². The highest BCUT2D eigenvalue weighted by molar-refractivity contribution is 6.35. The molecule has 2 amide bonds. The van der Waals surface area contributed by atoms with E-state index in [-0.39, 0.29) is 34.7 Å². The molecule has 0 spiro atoms.